The van der Waals surface area contributed by atoms with Gasteiger partial charge in [0.25, 0.3) is 0 Å². The van der Waals surface area contributed by atoms with Gasteiger partial charge in [0.05, 0.1) is 0 Å². The lowest BCUT2D eigenvalue weighted by Gasteiger charge is -2.43. The van der Waals surface area contributed by atoms with E-state index in [1.807, 2.05) is 0 Å². The summed E-state index contributed by atoms with van der Waals surface area (Å²) < 4.78 is 0. The summed E-state index contributed by atoms with van der Waals surface area (Å²) in [6.07, 6.45) is 8.44. The highest BCUT2D eigenvalue weighted by molar-refractivity contribution is 4.90. The van der Waals surface area contributed by atoms with E-state index >= 15 is 0 Å². The van der Waals surface area contributed by atoms with Crippen LogP contribution in [0.2, 0.25) is 0 Å². The summed E-state index contributed by atoms with van der Waals surface area (Å²) in [6, 6.07) is 1.51. The first-order valence-corrected chi connectivity index (χ1v) is 7.63. The molecule has 2 fully saturated rings. The minimum atomic E-state index is 0.676. The molecule has 0 amide bonds. The van der Waals surface area contributed by atoms with Crippen molar-refractivity contribution in [2.45, 2.75) is 71.4 Å². The molecular formula is C15H30N2. The maximum absolute atomic E-state index is 3.85. The fourth-order valence-corrected chi connectivity index (χ4v) is 3.31. The standard InChI is InChI=1S/C15H30N2/c1-4-15(8-5-9-15)12-16-14-6-10-17(11-7-14)13(2)3/h13-14,16H,4-12H2,1-3H3. The molecule has 0 aromatic carbocycles. The Morgan fingerprint density at radius 3 is 2.29 bits per heavy atom. The van der Waals surface area contributed by atoms with Gasteiger partial charge < -0.3 is 10.2 Å². The van der Waals surface area contributed by atoms with E-state index in [0.717, 1.165) is 12.1 Å². The minimum Gasteiger partial charge on any atom is -0.313 e. The van der Waals surface area contributed by atoms with Crippen molar-refractivity contribution in [1.82, 2.24) is 10.2 Å². The highest BCUT2D eigenvalue weighted by Crippen LogP contribution is 2.43. The Balaban J connectivity index is 1.68. The van der Waals surface area contributed by atoms with Gasteiger partial charge in [-0.3, -0.25) is 0 Å². The van der Waals surface area contributed by atoms with E-state index in [-0.39, 0.29) is 0 Å². The van der Waals surface area contributed by atoms with E-state index < -0.39 is 0 Å². The van der Waals surface area contributed by atoms with E-state index in [0.29, 0.717) is 5.41 Å². The number of likely N-dealkylation sites (tertiary alicyclic amines) is 1. The molecule has 0 radical (unpaired) electrons. The zero-order valence-corrected chi connectivity index (χ0v) is 12.0. The molecule has 0 aromatic rings. The maximum Gasteiger partial charge on any atom is 0.00916 e. The van der Waals surface area contributed by atoms with Crippen LogP contribution in [-0.2, 0) is 0 Å². The van der Waals surface area contributed by atoms with Crippen LogP contribution < -0.4 is 5.32 Å². The molecule has 1 aliphatic carbocycles. The highest BCUT2D eigenvalue weighted by atomic mass is 15.2. The number of rotatable bonds is 5. The molecule has 2 rings (SSSR count). The summed E-state index contributed by atoms with van der Waals surface area (Å²) in [7, 11) is 0. The lowest BCUT2D eigenvalue weighted by atomic mass is 9.67. The molecule has 0 unspecified atom stereocenters. The fourth-order valence-electron chi connectivity index (χ4n) is 3.31. The summed E-state index contributed by atoms with van der Waals surface area (Å²) in [5.74, 6) is 0. The largest absolute Gasteiger partial charge is 0.313 e. The molecule has 1 heterocycles. The zero-order valence-electron chi connectivity index (χ0n) is 12.0. The predicted octanol–water partition coefficient (Wildman–Crippen LogP) is 3.03. The number of hydrogen-bond acceptors (Lipinski definition) is 2. The third-order valence-corrected chi connectivity index (χ3v) is 5.19. The molecular weight excluding hydrogens is 208 g/mol. The van der Waals surface area contributed by atoms with Gasteiger partial charge in [0.2, 0.25) is 0 Å². The number of nitrogens with one attached hydrogen (secondary N) is 1. The van der Waals surface area contributed by atoms with Crippen LogP contribution in [0.15, 0.2) is 0 Å². The highest BCUT2D eigenvalue weighted by Gasteiger charge is 2.35. The average Bonchev–Trinajstić information content (AvgIpc) is 2.29. The van der Waals surface area contributed by atoms with Crippen LogP contribution in [0.25, 0.3) is 0 Å². The molecule has 2 heteroatoms. The van der Waals surface area contributed by atoms with E-state index in [1.54, 1.807) is 0 Å². The third kappa shape index (κ3) is 3.23. The Kier molecular flexibility index (Phi) is 4.48. The molecule has 1 N–H and O–H groups in total. The van der Waals surface area contributed by atoms with Gasteiger partial charge in [-0.25, -0.2) is 0 Å². The predicted molar refractivity (Wildman–Crippen MR) is 74.3 cm³/mol. The molecule has 1 saturated carbocycles. The second-order valence-electron chi connectivity index (χ2n) is 6.49. The Morgan fingerprint density at radius 2 is 1.88 bits per heavy atom. The van der Waals surface area contributed by atoms with Gasteiger partial charge in [0, 0.05) is 18.6 Å². The fraction of sp³-hybridized carbons (Fsp3) is 1.00. The normalized spacial score (nSPS) is 26.1. The molecule has 0 atom stereocenters. The number of piperidine rings is 1. The smallest absolute Gasteiger partial charge is 0.00916 e. The molecule has 1 aliphatic heterocycles. The van der Waals surface area contributed by atoms with Crippen LogP contribution in [0.4, 0.5) is 0 Å². The van der Waals surface area contributed by atoms with Crippen LogP contribution in [0.3, 0.4) is 0 Å². The van der Waals surface area contributed by atoms with E-state index in [9.17, 15) is 0 Å². The summed E-state index contributed by atoms with van der Waals surface area (Å²) >= 11 is 0. The number of hydrogen-bond donors (Lipinski definition) is 1. The molecule has 0 bridgehead atoms. The van der Waals surface area contributed by atoms with Crippen molar-refractivity contribution >= 4 is 0 Å². The molecule has 0 aromatic heterocycles. The quantitative estimate of drug-likeness (QED) is 0.792. The Labute approximate surface area is 107 Å². The van der Waals surface area contributed by atoms with Crippen LogP contribution in [0, 0.1) is 5.41 Å². The summed E-state index contributed by atoms with van der Waals surface area (Å²) in [5, 5.41) is 3.85. The van der Waals surface area contributed by atoms with Gasteiger partial charge in [0.1, 0.15) is 0 Å². The summed E-state index contributed by atoms with van der Waals surface area (Å²) in [4.78, 5) is 2.61. The lowest BCUT2D eigenvalue weighted by Crippen LogP contribution is -2.49. The molecule has 100 valence electrons. The molecule has 2 aliphatic rings. The Hall–Kier alpha value is -0.0800. The topological polar surface area (TPSA) is 15.3 Å². The van der Waals surface area contributed by atoms with Crippen molar-refractivity contribution in [3.05, 3.63) is 0 Å². The number of nitrogens with zero attached hydrogens (tertiary/aromatic N) is 1. The van der Waals surface area contributed by atoms with Crippen molar-refractivity contribution in [3.8, 4) is 0 Å². The van der Waals surface area contributed by atoms with Gasteiger partial charge in [-0.2, -0.15) is 0 Å². The average molecular weight is 238 g/mol. The summed E-state index contributed by atoms with van der Waals surface area (Å²) in [6.45, 7) is 10.8. The molecule has 2 nitrogen and oxygen atoms in total. The van der Waals surface area contributed by atoms with Gasteiger partial charge in [0.15, 0.2) is 0 Å². The van der Waals surface area contributed by atoms with E-state index in [1.165, 1.54) is 58.2 Å². The van der Waals surface area contributed by atoms with E-state index in [2.05, 4.69) is 31.0 Å². The van der Waals surface area contributed by atoms with Crippen LogP contribution in [0.5, 0.6) is 0 Å². The third-order valence-electron chi connectivity index (χ3n) is 5.19. The second kappa shape index (κ2) is 5.71. The molecule has 17 heavy (non-hydrogen) atoms. The summed E-state index contributed by atoms with van der Waals surface area (Å²) in [5.41, 5.74) is 0.676. The maximum atomic E-state index is 3.85. The van der Waals surface area contributed by atoms with Gasteiger partial charge in [-0.05, 0) is 64.5 Å². The monoisotopic (exact) mass is 238 g/mol. The molecule has 1 saturated heterocycles. The zero-order chi connectivity index (χ0) is 12.3. The van der Waals surface area contributed by atoms with Crippen LogP contribution in [0.1, 0.15) is 59.3 Å². The first kappa shape index (κ1) is 13.4. The van der Waals surface area contributed by atoms with Crippen LogP contribution in [-0.4, -0.2) is 36.6 Å². The molecule has 0 spiro atoms. The van der Waals surface area contributed by atoms with Gasteiger partial charge in [-0.15, -0.1) is 0 Å². The lowest BCUT2D eigenvalue weighted by molar-refractivity contribution is 0.104. The van der Waals surface area contributed by atoms with Gasteiger partial charge >= 0.3 is 0 Å². The first-order valence-electron chi connectivity index (χ1n) is 7.63. The first-order chi connectivity index (χ1) is 8.15. The van der Waals surface area contributed by atoms with E-state index in [4.69, 9.17) is 0 Å². The van der Waals surface area contributed by atoms with Crippen molar-refractivity contribution in [2.75, 3.05) is 19.6 Å². The van der Waals surface area contributed by atoms with Crippen molar-refractivity contribution in [2.24, 2.45) is 5.41 Å². The van der Waals surface area contributed by atoms with Gasteiger partial charge in [-0.1, -0.05) is 13.3 Å². The van der Waals surface area contributed by atoms with Crippen molar-refractivity contribution < 1.29 is 0 Å². The minimum absolute atomic E-state index is 0.676. The van der Waals surface area contributed by atoms with Crippen LogP contribution >= 0.6 is 0 Å². The Bertz CT molecular complexity index is 220. The Morgan fingerprint density at radius 1 is 1.24 bits per heavy atom. The van der Waals surface area contributed by atoms with Crippen molar-refractivity contribution in [3.63, 3.8) is 0 Å². The SMILES string of the molecule is CCC1(CNC2CCN(C(C)C)CC2)CCC1. The second-order valence-corrected chi connectivity index (χ2v) is 6.49. The van der Waals surface area contributed by atoms with Crippen molar-refractivity contribution in [1.29, 1.82) is 0 Å².